The predicted molar refractivity (Wildman–Crippen MR) is 241 cm³/mol. The lowest BCUT2D eigenvalue weighted by Gasteiger charge is -2.26. The molecule has 0 saturated carbocycles. The second kappa shape index (κ2) is 14.9. The Morgan fingerprint density at radius 2 is 0.763 bits per heavy atom. The van der Waals surface area contributed by atoms with Crippen LogP contribution in [0.25, 0.3) is 33.4 Å². The lowest BCUT2D eigenvalue weighted by molar-refractivity contribution is 0.439. The van der Waals surface area contributed by atoms with E-state index in [0.717, 1.165) is 63.9 Å². The summed E-state index contributed by atoms with van der Waals surface area (Å²) in [5.74, 6) is 0.424. The molecule has 2 N–H and O–H groups in total. The average Bonchev–Trinajstić information content (AvgIpc) is 3.80. The molecule has 6 aromatic carbocycles. The van der Waals surface area contributed by atoms with E-state index in [1.165, 1.54) is 11.1 Å². The van der Waals surface area contributed by atoms with Gasteiger partial charge in [-0.05, 0) is 120 Å². The summed E-state index contributed by atoms with van der Waals surface area (Å²) in [7, 11) is 0. The first-order valence-electron chi connectivity index (χ1n) is 19.8. The minimum atomic E-state index is -0.216. The quantitative estimate of drug-likeness (QED) is 0.156. The monoisotopic (exact) mass is 818 g/mol. The van der Waals surface area contributed by atoms with Gasteiger partial charge in [-0.2, -0.15) is 0 Å². The Kier molecular flexibility index (Phi) is 10.2. The van der Waals surface area contributed by atoms with Crippen molar-refractivity contribution in [2.24, 2.45) is 0 Å². The lowest BCUT2D eigenvalue weighted by Crippen LogP contribution is -2.18. The highest BCUT2D eigenvalue weighted by Gasteiger charge is 2.25. The number of aryl methyl sites for hydroxylation is 2. The van der Waals surface area contributed by atoms with E-state index < -0.39 is 0 Å². The van der Waals surface area contributed by atoms with Crippen LogP contribution in [0.3, 0.4) is 0 Å². The van der Waals surface area contributed by atoms with Crippen molar-refractivity contribution < 1.29 is 10.2 Å². The van der Waals surface area contributed by atoms with Crippen LogP contribution in [-0.2, 0) is 16.2 Å². The minimum Gasteiger partial charge on any atom is -0.505 e. The number of phenolic OH excluding ortho intramolecular Hbond substituents is 2. The maximum Gasteiger partial charge on any atom is 0.146 e. The van der Waals surface area contributed by atoms with Crippen LogP contribution >= 0.6 is 23.5 Å². The van der Waals surface area contributed by atoms with Crippen LogP contribution in [0.15, 0.2) is 129 Å². The first kappa shape index (κ1) is 40.2. The van der Waals surface area contributed by atoms with Gasteiger partial charge in [-0.3, -0.25) is 0 Å². The number of fused-ring (bicyclic) bond motifs is 2. The van der Waals surface area contributed by atoms with Gasteiger partial charge in [-0.25, -0.2) is 0 Å². The highest BCUT2D eigenvalue weighted by Crippen LogP contribution is 2.40. The number of benzene rings is 6. The number of nitrogens with zero attached hydrogens (tertiary/aromatic N) is 6. The van der Waals surface area contributed by atoms with Crippen molar-refractivity contribution in [3.8, 4) is 22.9 Å². The van der Waals surface area contributed by atoms with E-state index >= 15 is 0 Å². The molecule has 2 heterocycles. The number of phenols is 2. The molecule has 0 aliphatic carbocycles. The molecule has 0 radical (unpaired) electrons. The van der Waals surface area contributed by atoms with E-state index in [4.69, 9.17) is 20.4 Å². The van der Waals surface area contributed by atoms with Crippen molar-refractivity contribution in [1.82, 2.24) is 30.0 Å². The summed E-state index contributed by atoms with van der Waals surface area (Å²) in [5.41, 5.74) is 9.94. The summed E-state index contributed by atoms with van der Waals surface area (Å²) in [4.78, 5) is 7.51. The highest BCUT2D eigenvalue weighted by molar-refractivity contribution is 7.99. The Morgan fingerprint density at radius 1 is 0.424 bits per heavy atom. The molecular weight excluding hydrogens is 769 g/mol. The zero-order valence-corrected chi connectivity index (χ0v) is 36.9. The molecule has 8 rings (SSSR count). The van der Waals surface area contributed by atoms with Gasteiger partial charge < -0.3 is 10.2 Å². The van der Waals surface area contributed by atoms with E-state index in [9.17, 15) is 10.2 Å². The molecule has 0 aliphatic heterocycles. The van der Waals surface area contributed by atoms with Crippen molar-refractivity contribution in [2.75, 3.05) is 0 Å². The summed E-state index contributed by atoms with van der Waals surface area (Å²) < 4.78 is 0. The Hall–Kier alpha value is -5.58. The molecule has 0 spiro atoms. The third-order valence-electron chi connectivity index (χ3n) is 10.8. The highest BCUT2D eigenvalue weighted by atomic mass is 32.2. The van der Waals surface area contributed by atoms with Gasteiger partial charge in [0, 0.05) is 36.1 Å². The van der Waals surface area contributed by atoms with E-state index in [1.54, 1.807) is 33.1 Å². The summed E-state index contributed by atoms with van der Waals surface area (Å²) in [6.45, 7) is 21.1. The largest absolute Gasteiger partial charge is 0.505 e. The Balaban J connectivity index is 0.949. The van der Waals surface area contributed by atoms with Crippen molar-refractivity contribution in [2.45, 2.75) is 105 Å². The van der Waals surface area contributed by atoms with Crippen LogP contribution in [0.5, 0.6) is 11.5 Å². The molecule has 0 unspecified atom stereocenters. The first-order valence-corrected chi connectivity index (χ1v) is 21.5. The summed E-state index contributed by atoms with van der Waals surface area (Å²) >= 11 is 3.38. The molecule has 0 atom stereocenters. The number of hydrogen-bond donors (Lipinski definition) is 2. The smallest absolute Gasteiger partial charge is 0.146 e. The van der Waals surface area contributed by atoms with Crippen LogP contribution in [-0.4, -0.2) is 40.2 Å². The maximum absolute atomic E-state index is 11.2. The van der Waals surface area contributed by atoms with E-state index in [-0.39, 0.29) is 27.7 Å². The summed E-state index contributed by atoms with van der Waals surface area (Å²) in [6.07, 6.45) is 0. The average molecular weight is 819 g/mol. The van der Waals surface area contributed by atoms with Crippen LogP contribution in [0.1, 0.15) is 88.8 Å². The van der Waals surface area contributed by atoms with Gasteiger partial charge in [0.2, 0.25) is 0 Å². The van der Waals surface area contributed by atoms with Crippen molar-refractivity contribution in [3.63, 3.8) is 0 Å². The molecule has 0 aliphatic rings. The molecule has 8 nitrogen and oxygen atoms in total. The second-order valence-corrected chi connectivity index (χ2v) is 20.3. The lowest BCUT2D eigenvalue weighted by atomic mass is 9.78. The normalized spacial score (nSPS) is 12.5. The topological polar surface area (TPSA) is 102 Å². The number of aromatic nitrogens is 6. The standard InChI is InChI=1S/C49H50N6O2S2/c1-29-23-37(47(3,4)5)45(56)43(25-29)54-50-39-21-19-35(27-41(39)52-54)58-33-15-11-31(12-16-33)49(9,10)32-13-17-34(18-14-32)59-36-20-22-40-42(28-36)53-55(51-40)44-26-30(2)24-38(46(44)57)48(6,7)8/h11-28,56-57H,1-10H3. The van der Waals surface area contributed by atoms with Crippen molar-refractivity contribution >= 4 is 45.6 Å². The van der Waals surface area contributed by atoms with Gasteiger partial charge in [0.05, 0.1) is 0 Å². The molecule has 0 saturated heterocycles. The van der Waals surface area contributed by atoms with E-state index in [0.29, 0.717) is 11.4 Å². The fourth-order valence-electron chi connectivity index (χ4n) is 7.42. The molecule has 59 heavy (non-hydrogen) atoms. The van der Waals surface area contributed by atoms with Crippen LogP contribution in [0.2, 0.25) is 0 Å². The van der Waals surface area contributed by atoms with E-state index in [1.807, 2.05) is 50.2 Å². The first-order chi connectivity index (χ1) is 27.8. The number of hydrogen-bond acceptors (Lipinski definition) is 8. The molecule has 0 fully saturated rings. The van der Waals surface area contributed by atoms with Crippen molar-refractivity contribution in [1.29, 1.82) is 0 Å². The third kappa shape index (κ3) is 8.08. The van der Waals surface area contributed by atoms with Crippen LogP contribution < -0.4 is 0 Å². The summed E-state index contributed by atoms with van der Waals surface area (Å²) in [6, 6.07) is 37.7. The minimum absolute atomic E-state index is 0.205. The fraction of sp³-hybridized carbons (Fsp3) is 0.265. The van der Waals surface area contributed by atoms with Gasteiger partial charge in [0.1, 0.15) is 44.9 Å². The SMILES string of the molecule is Cc1cc(-n2nc3ccc(Sc4ccc(C(C)(C)c5ccc(Sc6ccc7nn(-c8cc(C)cc(C(C)(C)C)c8O)nc7c6)cc5)cc4)cc3n2)c(O)c(C(C)(C)C)c1. The van der Waals surface area contributed by atoms with Crippen LogP contribution in [0.4, 0.5) is 0 Å². The van der Waals surface area contributed by atoms with E-state index in [2.05, 4.69) is 128 Å². The second-order valence-electron chi connectivity index (χ2n) is 18.0. The Labute approximate surface area is 354 Å². The molecule has 0 bridgehead atoms. The predicted octanol–water partition coefficient (Wildman–Crippen LogP) is 12.4. The molecule has 2 aromatic heterocycles. The molecule has 300 valence electrons. The van der Waals surface area contributed by atoms with Crippen LogP contribution in [0, 0.1) is 13.8 Å². The fourth-order valence-corrected chi connectivity index (χ4v) is 9.12. The number of rotatable bonds is 8. The zero-order valence-electron chi connectivity index (χ0n) is 35.3. The molecule has 10 heteroatoms. The Bertz CT molecular complexity index is 2670. The van der Waals surface area contributed by atoms with Gasteiger partial charge in [0.15, 0.2) is 0 Å². The number of aromatic hydroxyl groups is 2. The molecule has 8 aromatic rings. The molecule has 0 amide bonds. The molecular formula is C49H50N6O2S2. The maximum atomic E-state index is 11.2. The zero-order chi connectivity index (χ0) is 42.0. The van der Waals surface area contributed by atoms with Gasteiger partial charge in [-0.1, -0.05) is 115 Å². The van der Waals surface area contributed by atoms with Gasteiger partial charge in [-0.15, -0.1) is 30.0 Å². The van der Waals surface area contributed by atoms with Gasteiger partial charge >= 0.3 is 0 Å². The Morgan fingerprint density at radius 3 is 1.12 bits per heavy atom. The van der Waals surface area contributed by atoms with Gasteiger partial charge in [0.25, 0.3) is 0 Å². The summed E-state index contributed by atoms with van der Waals surface area (Å²) in [5, 5.41) is 41.3. The third-order valence-corrected chi connectivity index (χ3v) is 12.8. The van der Waals surface area contributed by atoms with Crippen molar-refractivity contribution in [3.05, 3.63) is 143 Å².